The van der Waals surface area contributed by atoms with E-state index >= 15 is 0 Å². The summed E-state index contributed by atoms with van der Waals surface area (Å²) in [6, 6.07) is 21.4. The lowest BCUT2D eigenvalue weighted by Crippen LogP contribution is -2.34. The number of hydrogen-bond acceptors (Lipinski definition) is 4. The standard InChI is InChI=1S/C27H29Cl2NO3/c1-27(2,3)33-26(31)18-30(4)14-15-32-25-13-12-20(19-8-7-9-21(28)16-19)17-23(25)22-10-5-6-11-24(22)29/h5-13,16-17H,14-15,18H2,1-4H3. The molecule has 0 N–H and O–H groups in total. The number of hydrogen-bond donors (Lipinski definition) is 0. The van der Waals surface area contributed by atoms with Crippen LogP contribution in [0.5, 0.6) is 5.75 Å². The molecule has 0 amide bonds. The van der Waals surface area contributed by atoms with Gasteiger partial charge < -0.3 is 9.47 Å². The number of carbonyl (C=O) groups excluding carboxylic acids is 1. The summed E-state index contributed by atoms with van der Waals surface area (Å²) in [5.74, 6) is 0.465. The van der Waals surface area contributed by atoms with Gasteiger partial charge in [-0.1, -0.05) is 59.6 Å². The molecule has 3 aromatic carbocycles. The second-order valence-electron chi connectivity index (χ2n) is 8.87. The lowest BCUT2D eigenvalue weighted by atomic mass is 9.98. The molecule has 0 fully saturated rings. The largest absolute Gasteiger partial charge is 0.492 e. The van der Waals surface area contributed by atoms with Gasteiger partial charge in [-0.05, 0) is 69.3 Å². The van der Waals surface area contributed by atoms with Gasteiger partial charge in [0.2, 0.25) is 0 Å². The summed E-state index contributed by atoms with van der Waals surface area (Å²) in [6.07, 6.45) is 0. The van der Waals surface area contributed by atoms with E-state index in [1.165, 1.54) is 0 Å². The molecule has 0 unspecified atom stereocenters. The highest BCUT2D eigenvalue weighted by Gasteiger charge is 2.18. The fourth-order valence-corrected chi connectivity index (χ4v) is 3.81. The molecule has 6 heteroatoms. The molecule has 3 aromatic rings. The van der Waals surface area contributed by atoms with Gasteiger partial charge in [-0.15, -0.1) is 0 Å². The number of likely N-dealkylation sites (N-methyl/N-ethyl adjacent to an activating group) is 1. The highest BCUT2D eigenvalue weighted by atomic mass is 35.5. The molecule has 0 aromatic heterocycles. The maximum Gasteiger partial charge on any atom is 0.320 e. The summed E-state index contributed by atoms with van der Waals surface area (Å²) < 4.78 is 11.5. The van der Waals surface area contributed by atoms with E-state index in [0.717, 1.165) is 28.0 Å². The topological polar surface area (TPSA) is 38.8 Å². The smallest absolute Gasteiger partial charge is 0.320 e. The van der Waals surface area contributed by atoms with Crippen LogP contribution in [0, 0.1) is 0 Å². The lowest BCUT2D eigenvalue weighted by Gasteiger charge is -2.22. The van der Waals surface area contributed by atoms with Crippen molar-refractivity contribution in [2.45, 2.75) is 26.4 Å². The van der Waals surface area contributed by atoms with Gasteiger partial charge in [-0.2, -0.15) is 0 Å². The molecule has 0 heterocycles. The first-order valence-corrected chi connectivity index (χ1v) is 11.6. The number of carbonyl (C=O) groups is 1. The third-order valence-corrected chi connectivity index (χ3v) is 5.42. The summed E-state index contributed by atoms with van der Waals surface area (Å²) in [4.78, 5) is 13.9. The van der Waals surface area contributed by atoms with Crippen molar-refractivity contribution in [3.63, 3.8) is 0 Å². The zero-order valence-electron chi connectivity index (χ0n) is 19.4. The number of ether oxygens (including phenoxy) is 2. The molecular weight excluding hydrogens is 457 g/mol. The van der Waals surface area contributed by atoms with E-state index in [0.29, 0.717) is 23.2 Å². The van der Waals surface area contributed by atoms with Crippen molar-refractivity contribution in [2.75, 3.05) is 26.7 Å². The van der Waals surface area contributed by atoms with Crippen LogP contribution < -0.4 is 4.74 Å². The van der Waals surface area contributed by atoms with Crippen molar-refractivity contribution in [3.8, 4) is 28.0 Å². The van der Waals surface area contributed by atoms with E-state index in [2.05, 4.69) is 6.07 Å². The Morgan fingerprint density at radius 3 is 2.33 bits per heavy atom. The number of rotatable bonds is 8. The molecule has 3 rings (SSSR count). The van der Waals surface area contributed by atoms with Crippen LogP contribution in [0.4, 0.5) is 0 Å². The molecule has 0 atom stereocenters. The molecule has 0 saturated heterocycles. The summed E-state index contributed by atoms with van der Waals surface area (Å²) in [5, 5.41) is 1.33. The van der Waals surface area contributed by atoms with Crippen molar-refractivity contribution in [1.29, 1.82) is 0 Å². The first-order chi connectivity index (χ1) is 15.6. The first kappa shape index (κ1) is 25.1. The Bertz CT molecular complexity index is 1110. The lowest BCUT2D eigenvalue weighted by molar-refractivity contribution is -0.155. The van der Waals surface area contributed by atoms with Crippen LogP contribution in [0.1, 0.15) is 20.8 Å². The van der Waals surface area contributed by atoms with Gasteiger partial charge in [-0.3, -0.25) is 9.69 Å². The molecule has 0 bridgehead atoms. The fraction of sp³-hybridized carbons (Fsp3) is 0.296. The van der Waals surface area contributed by atoms with Gasteiger partial charge in [0, 0.05) is 27.7 Å². The van der Waals surface area contributed by atoms with Crippen molar-refractivity contribution in [1.82, 2.24) is 4.90 Å². The molecule has 33 heavy (non-hydrogen) atoms. The summed E-state index contributed by atoms with van der Waals surface area (Å²) in [6.45, 7) is 6.75. The van der Waals surface area contributed by atoms with Crippen LogP contribution in [-0.4, -0.2) is 43.2 Å². The SMILES string of the molecule is CN(CCOc1ccc(-c2cccc(Cl)c2)cc1-c1ccccc1Cl)CC(=O)OC(C)(C)C. The van der Waals surface area contributed by atoms with Gasteiger partial charge in [0.05, 0.1) is 6.54 Å². The first-order valence-electron chi connectivity index (χ1n) is 10.8. The van der Waals surface area contributed by atoms with Gasteiger partial charge in [0.1, 0.15) is 18.0 Å². The Kier molecular flexibility index (Phi) is 8.41. The molecule has 0 aliphatic carbocycles. The van der Waals surface area contributed by atoms with Gasteiger partial charge in [-0.25, -0.2) is 0 Å². The second-order valence-corrected chi connectivity index (χ2v) is 9.72. The van der Waals surface area contributed by atoms with Gasteiger partial charge in [0.15, 0.2) is 0 Å². The van der Waals surface area contributed by atoms with Gasteiger partial charge in [0.25, 0.3) is 0 Å². The Balaban J connectivity index is 1.77. The quantitative estimate of drug-likeness (QED) is 0.322. The van der Waals surface area contributed by atoms with Crippen molar-refractivity contribution in [2.24, 2.45) is 0 Å². The average molecular weight is 486 g/mol. The highest BCUT2D eigenvalue weighted by molar-refractivity contribution is 6.33. The van der Waals surface area contributed by atoms with E-state index in [9.17, 15) is 4.79 Å². The zero-order chi connectivity index (χ0) is 24.0. The highest BCUT2D eigenvalue weighted by Crippen LogP contribution is 2.38. The van der Waals surface area contributed by atoms with Crippen LogP contribution in [-0.2, 0) is 9.53 Å². The van der Waals surface area contributed by atoms with Crippen LogP contribution >= 0.6 is 23.2 Å². The zero-order valence-corrected chi connectivity index (χ0v) is 20.9. The predicted octanol–water partition coefficient (Wildman–Crippen LogP) is 6.98. The summed E-state index contributed by atoms with van der Waals surface area (Å²) in [7, 11) is 1.87. The monoisotopic (exact) mass is 485 g/mol. The number of nitrogens with zero attached hydrogens (tertiary/aromatic N) is 1. The van der Waals surface area contributed by atoms with E-state index in [1.807, 2.05) is 93.4 Å². The predicted molar refractivity (Wildman–Crippen MR) is 136 cm³/mol. The Morgan fingerprint density at radius 2 is 1.64 bits per heavy atom. The van der Waals surface area contributed by atoms with Crippen LogP contribution in [0.2, 0.25) is 10.0 Å². The van der Waals surface area contributed by atoms with E-state index in [4.69, 9.17) is 32.7 Å². The minimum Gasteiger partial charge on any atom is -0.492 e. The van der Waals surface area contributed by atoms with E-state index < -0.39 is 5.60 Å². The second kappa shape index (κ2) is 11.1. The van der Waals surface area contributed by atoms with Crippen molar-refractivity contribution >= 4 is 29.2 Å². The maximum atomic E-state index is 12.0. The van der Waals surface area contributed by atoms with Crippen LogP contribution in [0.25, 0.3) is 22.3 Å². The average Bonchev–Trinajstić information content (AvgIpc) is 2.73. The third kappa shape index (κ3) is 7.50. The minimum absolute atomic E-state index is 0.200. The summed E-state index contributed by atoms with van der Waals surface area (Å²) >= 11 is 12.7. The number of benzene rings is 3. The number of halogens is 2. The van der Waals surface area contributed by atoms with E-state index in [-0.39, 0.29) is 12.5 Å². The maximum absolute atomic E-state index is 12.0. The van der Waals surface area contributed by atoms with Gasteiger partial charge >= 0.3 is 5.97 Å². The van der Waals surface area contributed by atoms with Crippen LogP contribution in [0.15, 0.2) is 66.7 Å². The Morgan fingerprint density at radius 1 is 0.909 bits per heavy atom. The van der Waals surface area contributed by atoms with Crippen molar-refractivity contribution in [3.05, 3.63) is 76.8 Å². The minimum atomic E-state index is -0.497. The summed E-state index contributed by atoms with van der Waals surface area (Å²) in [5.41, 5.74) is 3.32. The van der Waals surface area contributed by atoms with Crippen molar-refractivity contribution < 1.29 is 14.3 Å². The van der Waals surface area contributed by atoms with E-state index in [1.54, 1.807) is 0 Å². The molecule has 0 aliphatic rings. The molecule has 0 radical (unpaired) electrons. The van der Waals surface area contributed by atoms with Crippen LogP contribution in [0.3, 0.4) is 0 Å². The Labute approximate surface area is 206 Å². The molecule has 0 aliphatic heterocycles. The fourth-order valence-electron chi connectivity index (χ4n) is 3.38. The molecular formula is C27H29Cl2NO3. The third-order valence-electron chi connectivity index (χ3n) is 4.85. The Hall–Kier alpha value is -2.53. The molecule has 0 spiro atoms. The number of esters is 1. The molecule has 0 saturated carbocycles. The normalized spacial score (nSPS) is 11.5. The molecule has 4 nitrogen and oxygen atoms in total. The molecule has 174 valence electrons.